The van der Waals surface area contributed by atoms with Gasteiger partial charge in [-0.15, -0.1) is 0 Å². The summed E-state index contributed by atoms with van der Waals surface area (Å²) in [5, 5.41) is 8.96. The third kappa shape index (κ3) is 2.29. The zero-order valence-corrected chi connectivity index (χ0v) is 11.6. The van der Waals surface area contributed by atoms with Crippen LogP contribution in [0.15, 0.2) is 36.4 Å². The average molecular weight is 282 g/mol. The van der Waals surface area contributed by atoms with Crippen molar-refractivity contribution in [3.63, 3.8) is 0 Å². The first kappa shape index (κ1) is 13.4. The van der Waals surface area contributed by atoms with Crippen LogP contribution < -0.4 is 4.74 Å². The Balaban J connectivity index is 2.17. The van der Waals surface area contributed by atoms with Crippen molar-refractivity contribution in [3.8, 4) is 5.75 Å². The van der Waals surface area contributed by atoms with Crippen molar-refractivity contribution in [3.05, 3.63) is 64.2 Å². The Kier molecular flexibility index (Phi) is 3.22. The summed E-state index contributed by atoms with van der Waals surface area (Å²) in [6.45, 7) is 2.11. The second kappa shape index (κ2) is 5.05. The van der Waals surface area contributed by atoms with Gasteiger partial charge in [-0.1, -0.05) is 30.3 Å². The Labute approximate surface area is 122 Å². The maximum absolute atomic E-state index is 12.8. The molecule has 2 aromatic rings. The molecule has 0 bridgehead atoms. The average Bonchev–Trinajstić information content (AvgIpc) is 2.60. The van der Waals surface area contributed by atoms with Crippen LogP contribution in [0.25, 0.3) is 0 Å². The summed E-state index contributed by atoms with van der Waals surface area (Å²) < 4.78 is 5.72. The Morgan fingerprint density at radius 3 is 2.76 bits per heavy atom. The SMILES string of the molecule is Cc1c(CC(=O)O)ccc2c1C(=O)c1ccccc1CO2. The number of hydrogen-bond donors (Lipinski definition) is 1. The lowest BCUT2D eigenvalue weighted by Gasteiger charge is -2.12. The highest BCUT2D eigenvalue weighted by Gasteiger charge is 2.25. The van der Waals surface area contributed by atoms with Gasteiger partial charge in [0.15, 0.2) is 5.78 Å². The lowest BCUT2D eigenvalue weighted by Crippen LogP contribution is -2.09. The number of benzene rings is 2. The van der Waals surface area contributed by atoms with E-state index in [1.807, 2.05) is 18.2 Å². The molecule has 0 amide bonds. The third-order valence-electron chi connectivity index (χ3n) is 3.75. The van der Waals surface area contributed by atoms with Gasteiger partial charge in [0.1, 0.15) is 12.4 Å². The molecule has 1 heterocycles. The first-order chi connectivity index (χ1) is 10.1. The first-order valence-electron chi connectivity index (χ1n) is 6.67. The van der Waals surface area contributed by atoms with Crippen molar-refractivity contribution in [2.24, 2.45) is 0 Å². The highest BCUT2D eigenvalue weighted by Crippen LogP contribution is 2.32. The smallest absolute Gasteiger partial charge is 0.307 e. The second-order valence-electron chi connectivity index (χ2n) is 5.07. The molecule has 0 spiro atoms. The Morgan fingerprint density at radius 2 is 2.00 bits per heavy atom. The third-order valence-corrected chi connectivity index (χ3v) is 3.75. The van der Waals surface area contributed by atoms with Crippen LogP contribution in [0.5, 0.6) is 5.75 Å². The summed E-state index contributed by atoms with van der Waals surface area (Å²) in [6, 6.07) is 10.7. The second-order valence-corrected chi connectivity index (χ2v) is 5.07. The molecule has 0 atom stereocenters. The lowest BCUT2D eigenvalue weighted by atomic mass is 9.92. The van der Waals surface area contributed by atoms with Crippen molar-refractivity contribution >= 4 is 11.8 Å². The largest absolute Gasteiger partial charge is 0.488 e. The van der Waals surface area contributed by atoms with Gasteiger partial charge in [0.2, 0.25) is 0 Å². The summed E-state index contributed by atoms with van der Waals surface area (Å²) in [6.07, 6.45) is -0.103. The van der Waals surface area contributed by atoms with Crippen LogP contribution in [-0.4, -0.2) is 16.9 Å². The monoisotopic (exact) mass is 282 g/mol. The maximum atomic E-state index is 12.8. The van der Waals surface area contributed by atoms with E-state index in [0.717, 1.165) is 5.56 Å². The number of rotatable bonds is 2. The van der Waals surface area contributed by atoms with Gasteiger partial charge in [-0.25, -0.2) is 0 Å². The number of carbonyl (C=O) groups is 2. The molecule has 0 radical (unpaired) electrons. The molecule has 4 nitrogen and oxygen atoms in total. The van der Waals surface area contributed by atoms with E-state index in [9.17, 15) is 9.59 Å². The van der Waals surface area contributed by atoms with Gasteiger partial charge in [0.05, 0.1) is 12.0 Å². The molecule has 0 saturated heterocycles. The standard InChI is InChI=1S/C17H14O4/c1-10-11(8-15(18)19)6-7-14-16(10)17(20)13-5-3-2-4-12(13)9-21-14/h2-7H,8-9H2,1H3,(H,18,19). The number of carbonyl (C=O) groups excluding carboxylic acids is 1. The molecule has 3 rings (SSSR count). The number of aliphatic carboxylic acids is 1. The van der Waals surface area contributed by atoms with Crippen molar-refractivity contribution in [1.29, 1.82) is 0 Å². The molecule has 0 unspecified atom stereocenters. The fourth-order valence-electron chi connectivity index (χ4n) is 2.64. The Hall–Kier alpha value is -2.62. The van der Waals surface area contributed by atoms with Gasteiger partial charge in [-0.05, 0) is 24.1 Å². The number of hydrogen-bond acceptors (Lipinski definition) is 3. The number of carboxylic acid groups (broad SMARTS) is 1. The van der Waals surface area contributed by atoms with Crippen molar-refractivity contribution < 1.29 is 19.4 Å². The van der Waals surface area contributed by atoms with Gasteiger partial charge in [0, 0.05) is 11.1 Å². The summed E-state index contributed by atoms with van der Waals surface area (Å²) in [5.74, 6) is -0.508. The molecule has 1 aliphatic rings. The summed E-state index contributed by atoms with van der Waals surface area (Å²) >= 11 is 0. The van der Waals surface area contributed by atoms with E-state index in [0.29, 0.717) is 34.6 Å². The molecule has 0 saturated carbocycles. The first-order valence-corrected chi connectivity index (χ1v) is 6.67. The maximum Gasteiger partial charge on any atom is 0.307 e. The summed E-state index contributed by atoms with van der Waals surface area (Å²) in [7, 11) is 0. The van der Waals surface area contributed by atoms with Crippen LogP contribution in [-0.2, 0) is 17.8 Å². The van der Waals surface area contributed by atoms with Crippen LogP contribution >= 0.6 is 0 Å². The van der Waals surface area contributed by atoms with E-state index < -0.39 is 5.97 Å². The molecule has 4 heteroatoms. The molecular weight excluding hydrogens is 268 g/mol. The zero-order valence-electron chi connectivity index (χ0n) is 11.6. The van der Waals surface area contributed by atoms with Gasteiger partial charge >= 0.3 is 5.97 Å². The minimum Gasteiger partial charge on any atom is -0.488 e. The van der Waals surface area contributed by atoms with E-state index >= 15 is 0 Å². The van der Waals surface area contributed by atoms with Crippen LogP contribution in [0, 0.1) is 6.92 Å². The van der Waals surface area contributed by atoms with Crippen LogP contribution in [0.3, 0.4) is 0 Å². The fourth-order valence-corrected chi connectivity index (χ4v) is 2.64. The highest BCUT2D eigenvalue weighted by atomic mass is 16.5. The van der Waals surface area contributed by atoms with Gasteiger partial charge < -0.3 is 9.84 Å². The van der Waals surface area contributed by atoms with Crippen LogP contribution in [0.2, 0.25) is 0 Å². The molecule has 0 fully saturated rings. The van der Waals surface area contributed by atoms with Crippen LogP contribution in [0.4, 0.5) is 0 Å². The number of carboxylic acids is 1. The fraction of sp³-hybridized carbons (Fsp3) is 0.176. The quantitative estimate of drug-likeness (QED) is 0.920. The zero-order chi connectivity index (χ0) is 15.0. The van der Waals surface area contributed by atoms with Gasteiger partial charge in [-0.3, -0.25) is 9.59 Å². The minimum absolute atomic E-state index is 0.103. The molecule has 21 heavy (non-hydrogen) atoms. The van der Waals surface area contributed by atoms with E-state index in [4.69, 9.17) is 9.84 Å². The molecule has 1 N–H and O–H groups in total. The predicted octanol–water partition coefficient (Wildman–Crippen LogP) is 2.75. The molecular formula is C17H14O4. The molecule has 106 valence electrons. The Morgan fingerprint density at radius 1 is 1.24 bits per heavy atom. The van der Waals surface area contributed by atoms with E-state index in [2.05, 4.69) is 0 Å². The van der Waals surface area contributed by atoms with Crippen molar-refractivity contribution in [1.82, 2.24) is 0 Å². The highest BCUT2D eigenvalue weighted by molar-refractivity contribution is 6.13. The van der Waals surface area contributed by atoms with Crippen LogP contribution in [0.1, 0.15) is 32.6 Å². The van der Waals surface area contributed by atoms with E-state index in [1.165, 1.54) is 0 Å². The summed E-state index contributed by atoms with van der Waals surface area (Å²) in [5.41, 5.74) is 3.25. The number of ether oxygens (including phenoxy) is 1. The topological polar surface area (TPSA) is 63.6 Å². The molecule has 0 aliphatic carbocycles. The van der Waals surface area contributed by atoms with Crippen molar-refractivity contribution in [2.75, 3.05) is 0 Å². The van der Waals surface area contributed by atoms with Gasteiger partial charge in [0.25, 0.3) is 0 Å². The molecule has 0 aromatic heterocycles. The van der Waals surface area contributed by atoms with Crippen molar-refractivity contribution in [2.45, 2.75) is 20.0 Å². The van der Waals surface area contributed by atoms with E-state index in [1.54, 1.807) is 25.1 Å². The molecule has 2 aromatic carbocycles. The number of ketones is 1. The minimum atomic E-state index is -0.916. The predicted molar refractivity (Wildman–Crippen MR) is 76.7 cm³/mol. The number of fused-ring (bicyclic) bond motifs is 2. The molecule has 1 aliphatic heterocycles. The lowest BCUT2D eigenvalue weighted by molar-refractivity contribution is -0.136. The van der Waals surface area contributed by atoms with E-state index in [-0.39, 0.29) is 12.2 Å². The Bertz CT molecular complexity index is 746. The summed E-state index contributed by atoms with van der Waals surface area (Å²) in [4.78, 5) is 23.7. The normalized spacial score (nSPS) is 12.9. The van der Waals surface area contributed by atoms with Gasteiger partial charge in [-0.2, -0.15) is 0 Å².